The van der Waals surface area contributed by atoms with Gasteiger partial charge in [-0.2, -0.15) is 0 Å². The maximum Gasteiger partial charge on any atom is 0.307 e. The lowest BCUT2D eigenvalue weighted by atomic mass is 9.94. The molecule has 0 aromatic heterocycles. The minimum Gasteiger partial charge on any atom is -0.481 e. The highest BCUT2D eigenvalue weighted by atomic mass is 19.1. The highest BCUT2D eigenvalue weighted by Gasteiger charge is 2.42. The van der Waals surface area contributed by atoms with E-state index < -0.39 is 23.6 Å². The second kappa shape index (κ2) is 5.61. The zero-order valence-electron chi connectivity index (χ0n) is 11.5. The molecule has 0 spiro atoms. The van der Waals surface area contributed by atoms with Gasteiger partial charge in [-0.05, 0) is 37.0 Å². The molecule has 1 amide bonds. The summed E-state index contributed by atoms with van der Waals surface area (Å²) in [5, 5.41) is 9.22. The van der Waals surface area contributed by atoms with Gasteiger partial charge in [0.1, 0.15) is 5.82 Å². The molecule has 3 atom stereocenters. The number of amides is 1. The average Bonchev–Trinajstić information content (AvgIpc) is 2.79. The molecule has 1 fully saturated rings. The smallest absolute Gasteiger partial charge is 0.307 e. The van der Waals surface area contributed by atoms with Crippen LogP contribution in [0.25, 0.3) is 0 Å². The van der Waals surface area contributed by atoms with E-state index in [2.05, 4.69) is 0 Å². The van der Waals surface area contributed by atoms with Gasteiger partial charge in [0.05, 0.1) is 11.8 Å². The third kappa shape index (κ3) is 2.81. The summed E-state index contributed by atoms with van der Waals surface area (Å²) in [6, 6.07) is 5.74. The monoisotopic (exact) mass is 279 g/mol. The molecule has 1 aromatic carbocycles. The summed E-state index contributed by atoms with van der Waals surface area (Å²) >= 11 is 0. The normalized spacial score (nSPS) is 25.4. The highest BCUT2D eigenvalue weighted by molar-refractivity contribution is 5.97. The molecule has 0 radical (unpaired) electrons. The third-order valence-electron chi connectivity index (χ3n) is 3.96. The van der Waals surface area contributed by atoms with Crippen LogP contribution in [0.15, 0.2) is 24.3 Å². The first-order valence-electron chi connectivity index (χ1n) is 6.66. The van der Waals surface area contributed by atoms with Crippen molar-refractivity contribution in [3.05, 3.63) is 30.1 Å². The van der Waals surface area contributed by atoms with E-state index in [1.807, 2.05) is 6.92 Å². The van der Waals surface area contributed by atoms with Gasteiger partial charge in [-0.15, -0.1) is 0 Å². The Morgan fingerprint density at radius 1 is 1.30 bits per heavy atom. The Kier molecular flexibility index (Phi) is 4.06. The van der Waals surface area contributed by atoms with Crippen LogP contribution in [0.4, 0.5) is 10.1 Å². The van der Waals surface area contributed by atoms with Gasteiger partial charge in [-0.1, -0.05) is 13.0 Å². The van der Waals surface area contributed by atoms with Gasteiger partial charge in [0.15, 0.2) is 0 Å². The first-order chi connectivity index (χ1) is 9.40. The third-order valence-corrected chi connectivity index (χ3v) is 3.96. The summed E-state index contributed by atoms with van der Waals surface area (Å²) in [4.78, 5) is 25.1. The van der Waals surface area contributed by atoms with Crippen molar-refractivity contribution in [1.29, 1.82) is 0 Å². The number of hydrogen-bond acceptors (Lipinski definition) is 2. The number of carbonyl (C=O) groups is 2. The molecule has 1 aromatic rings. The van der Waals surface area contributed by atoms with E-state index in [9.17, 15) is 19.1 Å². The first kappa shape index (κ1) is 14.5. The summed E-state index contributed by atoms with van der Waals surface area (Å²) in [6.07, 6.45) is 1.08. The SMILES string of the molecule is CC1CC(C(=O)O)C(C(=O)N(C)c2cccc(F)c2)C1. The second-order valence-electron chi connectivity index (χ2n) is 5.50. The van der Waals surface area contributed by atoms with Crippen molar-refractivity contribution in [3.63, 3.8) is 0 Å². The van der Waals surface area contributed by atoms with Crippen LogP contribution in [-0.2, 0) is 9.59 Å². The highest BCUT2D eigenvalue weighted by Crippen LogP contribution is 2.38. The van der Waals surface area contributed by atoms with Crippen molar-refractivity contribution in [2.24, 2.45) is 17.8 Å². The molecule has 3 unspecified atom stereocenters. The van der Waals surface area contributed by atoms with Crippen molar-refractivity contribution in [2.45, 2.75) is 19.8 Å². The number of halogens is 1. The van der Waals surface area contributed by atoms with E-state index in [0.29, 0.717) is 18.5 Å². The van der Waals surface area contributed by atoms with Crippen LogP contribution in [-0.4, -0.2) is 24.0 Å². The van der Waals surface area contributed by atoms with Gasteiger partial charge in [-0.3, -0.25) is 9.59 Å². The van der Waals surface area contributed by atoms with Crippen LogP contribution in [0.2, 0.25) is 0 Å². The topological polar surface area (TPSA) is 57.6 Å². The van der Waals surface area contributed by atoms with Crippen LogP contribution in [0.1, 0.15) is 19.8 Å². The molecule has 1 N–H and O–H groups in total. The predicted molar refractivity (Wildman–Crippen MR) is 72.8 cm³/mol. The largest absolute Gasteiger partial charge is 0.481 e. The number of rotatable bonds is 3. The Morgan fingerprint density at radius 2 is 1.95 bits per heavy atom. The molecule has 0 bridgehead atoms. The molecular formula is C15H18FNO3. The summed E-state index contributed by atoms with van der Waals surface area (Å²) in [6.45, 7) is 1.95. The number of carbonyl (C=O) groups excluding carboxylic acids is 1. The standard InChI is InChI=1S/C15H18FNO3/c1-9-6-12(13(7-9)15(19)20)14(18)17(2)11-5-3-4-10(16)8-11/h3-5,8-9,12-13H,6-7H2,1-2H3,(H,19,20). The van der Waals surface area contributed by atoms with Gasteiger partial charge >= 0.3 is 5.97 Å². The van der Waals surface area contributed by atoms with Crippen LogP contribution < -0.4 is 4.90 Å². The van der Waals surface area contributed by atoms with Gasteiger partial charge in [0.2, 0.25) is 5.91 Å². The number of hydrogen-bond donors (Lipinski definition) is 1. The minimum absolute atomic E-state index is 0.214. The summed E-state index contributed by atoms with van der Waals surface area (Å²) in [7, 11) is 1.55. The molecule has 0 aliphatic heterocycles. The molecule has 4 nitrogen and oxygen atoms in total. The molecule has 2 rings (SSSR count). The van der Waals surface area contributed by atoms with Gasteiger partial charge in [0, 0.05) is 12.7 Å². The number of benzene rings is 1. The van der Waals surface area contributed by atoms with Gasteiger partial charge in [-0.25, -0.2) is 4.39 Å². The van der Waals surface area contributed by atoms with Crippen molar-refractivity contribution in [1.82, 2.24) is 0 Å². The fourth-order valence-electron chi connectivity index (χ4n) is 2.90. The maximum atomic E-state index is 13.2. The zero-order valence-corrected chi connectivity index (χ0v) is 11.5. The van der Waals surface area contributed by atoms with E-state index >= 15 is 0 Å². The molecule has 0 heterocycles. The van der Waals surface area contributed by atoms with Crippen molar-refractivity contribution in [2.75, 3.05) is 11.9 Å². The quantitative estimate of drug-likeness (QED) is 0.925. The van der Waals surface area contributed by atoms with Crippen molar-refractivity contribution < 1.29 is 19.1 Å². The van der Waals surface area contributed by atoms with Gasteiger partial charge in [0.25, 0.3) is 0 Å². The van der Waals surface area contributed by atoms with Crippen LogP contribution in [0, 0.1) is 23.6 Å². The van der Waals surface area contributed by atoms with E-state index in [-0.39, 0.29) is 11.8 Å². The molecule has 20 heavy (non-hydrogen) atoms. The van der Waals surface area contributed by atoms with E-state index in [4.69, 9.17) is 0 Å². The number of anilines is 1. The van der Waals surface area contributed by atoms with E-state index in [0.717, 1.165) is 0 Å². The molecule has 108 valence electrons. The van der Waals surface area contributed by atoms with E-state index in [1.54, 1.807) is 13.1 Å². The second-order valence-corrected chi connectivity index (χ2v) is 5.50. The fourth-order valence-corrected chi connectivity index (χ4v) is 2.90. The molecule has 5 heteroatoms. The lowest BCUT2D eigenvalue weighted by Gasteiger charge is -2.23. The summed E-state index contributed by atoms with van der Waals surface area (Å²) in [5.74, 6) is -2.57. The van der Waals surface area contributed by atoms with Gasteiger partial charge < -0.3 is 10.0 Å². The van der Waals surface area contributed by atoms with Crippen molar-refractivity contribution >= 4 is 17.6 Å². The molecule has 1 aliphatic carbocycles. The number of aliphatic carboxylic acids is 1. The molecular weight excluding hydrogens is 261 g/mol. The first-order valence-corrected chi connectivity index (χ1v) is 6.66. The summed E-state index contributed by atoms with van der Waals surface area (Å²) in [5.41, 5.74) is 0.443. The lowest BCUT2D eigenvalue weighted by Crippen LogP contribution is -2.36. The lowest BCUT2D eigenvalue weighted by molar-refractivity contribution is -0.145. The fraction of sp³-hybridized carbons (Fsp3) is 0.467. The molecule has 1 aliphatic rings. The number of carboxylic acid groups (broad SMARTS) is 1. The average molecular weight is 279 g/mol. The molecule has 1 saturated carbocycles. The Bertz CT molecular complexity index is 532. The predicted octanol–water partition coefficient (Wildman–Crippen LogP) is 2.54. The number of nitrogens with zero attached hydrogens (tertiary/aromatic N) is 1. The zero-order chi connectivity index (χ0) is 14.9. The summed E-state index contributed by atoms with van der Waals surface area (Å²) < 4.78 is 13.2. The van der Waals surface area contributed by atoms with Crippen LogP contribution in [0.5, 0.6) is 0 Å². The van der Waals surface area contributed by atoms with Crippen molar-refractivity contribution in [3.8, 4) is 0 Å². The van der Waals surface area contributed by atoms with Crippen LogP contribution >= 0.6 is 0 Å². The Labute approximate surface area is 117 Å². The maximum absolute atomic E-state index is 13.2. The Morgan fingerprint density at radius 3 is 2.55 bits per heavy atom. The Balaban J connectivity index is 2.20. The molecule has 0 saturated heterocycles. The Hall–Kier alpha value is -1.91. The minimum atomic E-state index is -0.930. The number of carboxylic acids is 1. The van der Waals surface area contributed by atoms with E-state index in [1.165, 1.54) is 23.1 Å². The van der Waals surface area contributed by atoms with Crippen LogP contribution in [0.3, 0.4) is 0 Å².